The molecular weight excluding hydrogens is 345 g/mol. The SMILES string of the molecule is OB(O)c1ccc(-n2c3ccccc3c3ccc(-c4ccccc4)cc32)cc1. The molecule has 0 spiro atoms. The summed E-state index contributed by atoms with van der Waals surface area (Å²) < 4.78 is 2.23. The lowest BCUT2D eigenvalue weighted by molar-refractivity contribution is 0.426. The van der Waals surface area contributed by atoms with Gasteiger partial charge in [-0.2, -0.15) is 0 Å². The zero-order valence-electron chi connectivity index (χ0n) is 15.2. The van der Waals surface area contributed by atoms with Gasteiger partial charge in [0.25, 0.3) is 0 Å². The molecule has 28 heavy (non-hydrogen) atoms. The third-order valence-electron chi connectivity index (χ3n) is 5.23. The van der Waals surface area contributed by atoms with Gasteiger partial charge in [0.2, 0.25) is 0 Å². The van der Waals surface area contributed by atoms with E-state index in [4.69, 9.17) is 0 Å². The molecule has 0 unspecified atom stereocenters. The van der Waals surface area contributed by atoms with Crippen LogP contribution in [0.2, 0.25) is 0 Å². The van der Waals surface area contributed by atoms with E-state index in [1.54, 1.807) is 12.1 Å². The lowest BCUT2D eigenvalue weighted by Gasteiger charge is -2.10. The molecule has 3 nitrogen and oxygen atoms in total. The van der Waals surface area contributed by atoms with E-state index in [0.717, 1.165) is 16.7 Å². The minimum absolute atomic E-state index is 0.481. The minimum atomic E-state index is -1.46. The van der Waals surface area contributed by atoms with Gasteiger partial charge in [-0.3, -0.25) is 0 Å². The molecule has 5 aromatic rings. The first-order valence-corrected chi connectivity index (χ1v) is 9.27. The van der Waals surface area contributed by atoms with Crippen molar-refractivity contribution in [1.82, 2.24) is 4.57 Å². The highest BCUT2D eigenvalue weighted by atomic mass is 16.4. The fourth-order valence-corrected chi connectivity index (χ4v) is 3.85. The second-order valence-electron chi connectivity index (χ2n) is 6.92. The van der Waals surface area contributed by atoms with Gasteiger partial charge in [0.05, 0.1) is 11.0 Å². The Labute approximate surface area is 163 Å². The molecule has 0 aliphatic rings. The summed E-state index contributed by atoms with van der Waals surface area (Å²) in [5, 5.41) is 21.2. The molecule has 1 heterocycles. The number of hydrogen-bond donors (Lipinski definition) is 2. The number of nitrogens with zero attached hydrogens (tertiary/aromatic N) is 1. The van der Waals surface area contributed by atoms with Crippen molar-refractivity contribution in [3.63, 3.8) is 0 Å². The number of hydrogen-bond acceptors (Lipinski definition) is 2. The molecule has 0 saturated heterocycles. The zero-order valence-corrected chi connectivity index (χ0v) is 15.2. The minimum Gasteiger partial charge on any atom is -0.423 e. The van der Waals surface area contributed by atoms with Crippen LogP contribution in [0.1, 0.15) is 0 Å². The van der Waals surface area contributed by atoms with Crippen molar-refractivity contribution in [2.45, 2.75) is 0 Å². The number of benzene rings is 4. The third-order valence-corrected chi connectivity index (χ3v) is 5.23. The number of rotatable bonds is 3. The maximum atomic E-state index is 9.40. The van der Waals surface area contributed by atoms with Crippen molar-refractivity contribution in [3.05, 3.63) is 97.1 Å². The lowest BCUT2D eigenvalue weighted by Crippen LogP contribution is -2.29. The first-order valence-electron chi connectivity index (χ1n) is 9.27. The van der Waals surface area contributed by atoms with Gasteiger partial charge >= 0.3 is 7.12 Å². The summed E-state index contributed by atoms with van der Waals surface area (Å²) in [6, 6.07) is 32.6. The van der Waals surface area contributed by atoms with Gasteiger partial charge in [0.15, 0.2) is 0 Å². The largest absolute Gasteiger partial charge is 0.488 e. The van der Waals surface area contributed by atoms with Crippen LogP contribution in [0.4, 0.5) is 0 Å². The summed E-state index contributed by atoms with van der Waals surface area (Å²) in [4.78, 5) is 0. The van der Waals surface area contributed by atoms with E-state index in [2.05, 4.69) is 53.1 Å². The summed E-state index contributed by atoms with van der Waals surface area (Å²) in [5.41, 5.74) is 6.06. The van der Waals surface area contributed by atoms with Crippen molar-refractivity contribution in [1.29, 1.82) is 0 Å². The van der Waals surface area contributed by atoms with Gasteiger partial charge in [-0.05, 0) is 40.9 Å². The quantitative estimate of drug-likeness (QED) is 0.474. The molecule has 0 aliphatic carbocycles. The fraction of sp³-hybridized carbons (Fsp3) is 0. The average Bonchev–Trinajstić information content (AvgIpc) is 3.08. The highest BCUT2D eigenvalue weighted by Gasteiger charge is 2.14. The molecule has 0 bridgehead atoms. The Morgan fingerprint density at radius 3 is 2.00 bits per heavy atom. The molecule has 0 saturated carbocycles. The van der Waals surface area contributed by atoms with E-state index in [9.17, 15) is 10.0 Å². The second-order valence-corrected chi connectivity index (χ2v) is 6.92. The van der Waals surface area contributed by atoms with Gasteiger partial charge in [0, 0.05) is 16.5 Å². The highest BCUT2D eigenvalue weighted by Crippen LogP contribution is 2.34. The van der Waals surface area contributed by atoms with Crippen LogP contribution in [0, 0.1) is 0 Å². The second kappa shape index (κ2) is 6.68. The topological polar surface area (TPSA) is 45.4 Å². The Hall–Kier alpha value is -3.34. The molecular formula is C24H18BNO2. The van der Waals surface area contributed by atoms with E-state index in [-0.39, 0.29) is 0 Å². The maximum absolute atomic E-state index is 9.40. The Bertz CT molecular complexity index is 1280. The first-order chi connectivity index (χ1) is 13.7. The number of fused-ring (bicyclic) bond motifs is 3. The van der Waals surface area contributed by atoms with Crippen LogP contribution >= 0.6 is 0 Å². The summed E-state index contributed by atoms with van der Waals surface area (Å²) in [7, 11) is -1.46. The smallest absolute Gasteiger partial charge is 0.423 e. The Morgan fingerprint density at radius 1 is 0.571 bits per heavy atom. The number of para-hydroxylation sites is 1. The number of aromatic nitrogens is 1. The summed E-state index contributed by atoms with van der Waals surface area (Å²) in [6.07, 6.45) is 0. The fourth-order valence-electron chi connectivity index (χ4n) is 3.85. The average molecular weight is 363 g/mol. The third kappa shape index (κ3) is 2.71. The van der Waals surface area contributed by atoms with E-state index in [1.165, 1.54) is 21.9 Å². The van der Waals surface area contributed by atoms with Crippen LogP contribution in [0.25, 0.3) is 38.6 Å². The molecule has 0 amide bonds. The Morgan fingerprint density at radius 2 is 1.25 bits per heavy atom. The maximum Gasteiger partial charge on any atom is 0.488 e. The van der Waals surface area contributed by atoms with Crippen molar-refractivity contribution >= 4 is 34.4 Å². The van der Waals surface area contributed by atoms with Crippen molar-refractivity contribution in [2.24, 2.45) is 0 Å². The van der Waals surface area contributed by atoms with Gasteiger partial charge in [0.1, 0.15) is 0 Å². The first kappa shape index (κ1) is 16.8. The van der Waals surface area contributed by atoms with Crippen molar-refractivity contribution < 1.29 is 10.0 Å². The molecule has 1 aromatic heterocycles. The van der Waals surface area contributed by atoms with Gasteiger partial charge in [-0.1, -0.05) is 72.8 Å². The molecule has 2 N–H and O–H groups in total. The van der Waals surface area contributed by atoms with Crippen LogP contribution < -0.4 is 5.46 Å². The molecule has 0 atom stereocenters. The summed E-state index contributed by atoms with van der Waals surface area (Å²) >= 11 is 0. The van der Waals surface area contributed by atoms with Gasteiger partial charge in [-0.25, -0.2) is 0 Å². The molecule has 0 radical (unpaired) electrons. The van der Waals surface area contributed by atoms with E-state index < -0.39 is 7.12 Å². The van der Waals surface area contributed by atoms with Crippen molar-refractivity contribution in [2.75, 3.05) is 0 Å². The normalized spacial score (nSPS) is 11.2. The Balaban J connectivity index is 1.79. The molecule has 0 aliphatic heterocycles. The standard InChI is InChI=1S/C24H18BNO2/c27-25(28)19-11-13-20(14-12-19)26-23-9-5-4-8-21(23)22-15-10-18(16-24(22)26)17-6-2-1-3-7-17/h1-16,27-28H. The van der Waals surface area contributed by atoms with Crippen LogP contribution in [0.15, 0.2) is 97.1 Å². The monoisotopic (exact) mass is 363 g/mol. The summed E-state index contributed by atoms with van der Waals surface area (Å²) in [6.45, 7) is 0. The predicted octanol–water partition coefficient (Wildman–Crippen LogP) is 4.13. The predicted molar refractivity (Wildman–Crippen MR) is 116 cm³/mol. The van der Waals surface area contributed by atoms with Crippen LogP contribution in [-0.2, 0) is 0 Å². The van der Waals surface area contributed by atoms with Crippen LogP contribution in [-0.4, -0.2) is 21.7 Å². The van der Waals surface area contributed by atoms with E-state index in [0.29, 0.717) is 5.46 Å². The van der Waals surface area contributed by atoms with E-state index in [1.807, 2.05) is 36.4 Å². The van der Waals surface area contributed by atoms with Gasteiger partial charge < -0.3 is 14.6 Å². The zero-order chi connectivity index (χ0) is 19.1. The summed E-state index contributed by atoms with van der Waals surface area (Å²) in [5.74, 6) is 0. The van der Waals surface area contributed by atoms with E-state index >= 15 is 0 Å². The molecule has 0 fully saturated rings. The molecule has 134 valence electrons. The molecule has 4 aromatic carbocycles. The molecule has 5 rings (SSSR count). The highest BCUT2D eigenvalue weighted by molar-refractivity contribution is 6.58. The van der Waals surface area contributed by atoms with Crippen molar-refractivity contribution in [3.8, 4) is 16.8 Å². The Kier molecular flexibility index (Phi) is 4.01. The van der Waals surface area contributed by atoms with Crippen LogP contribution in [0.5, 0.6) is 0 Å². The van der Waals surface area contributed by atoms with Gasteiger partial charge in [-0.15, -0.1) is 0 Å². The lowest BCUT2D eigenvalue weighted by atomic mass is 9.80. The van der Waals surface area contributed by atoms with Crippen LogP contribution in [0.3, 0.4) is 0 Å². The molecule has 4 heteroatoms.